The second-order valence-electron chi connectivity index (χ2n) is 6.36. The Morgan fingerprint density at radius 1 is 1.43 bits per heavy atom. The maximum Gasteiger partial charge on any atom is 0.268 e. The van der Waals surface area contributed by atoms with E-state index in [4.69, 9.17) is 0 Å². The van der Waals surface area contributed by atoms with E-state index in [0.29, 0.717) is 17.2 Å². The van der Waals surface area contributed by atoms with Crippen LogP contribution in [-0.4, -0.2) is 33.5 Å². The van der Waals surface area contributed by atoms with Crippen LogP contribution in [0.15, 0.2) is 12.3 Å². The van der Waals surface area contributed by atoms with Crippen molar-refractivity contribution < 1.29 is 14.7 Å². The molecule has 5 nitrogen and oxygen atoms in total. The molecule has 1 aromatic heterocycles. The number of hydrogen-bond donors (Lipinski definition) is 2. The Hall–Kier alpha value is -1.62. The topological polar surface area (TPSA) is 71.3 Å². The maximum atomic E-state index is 12.5. The summed E-state index contributed by atoms with van der Waals surface area (Å²) in [5.74, 6) is 0.350. The van der Waals surface area contributed by atoms with Crippen molar-refractivity contribution in [3.63, 3.8) is 0 Å². The average Bonchev–Trinajstić information content (AvgIpc) is 2.84. The van der Waals surface area contributed by atoms with Crippen molar-refractivity contribution >= 4 is 11.7 Å². The molecule has 1 fully saturated rings. The van der Waals surface area contributed by atoms with Gasteiger partial charge in [0.25, 0.3) is 5.91 Å². The van der Waals surface area contributed by atoms with Crippen LogP contribution < -0.4 is 5.32 Å². The summed E-state index contributed by atoms with van der Waals surface area (Å²) in [5.41, 5.74) is 0.453. The Labute approximate surface area is 125 Å². The van der Waals surface area contributed by atoms with E-state index in [9.17, 15) is 14.7 Å². The van der Waals surface area contributed by atoms with E-state index in [1.165, 1.54) is 6.92 Å². The number of carbonyl (C=O) groups excluding carboxylic acids is 2. The molecule has 1 saturated carbocycles. The van der Waals surface area contributed by atoms with Crippen molar-refractivity contribution in [1.29, 1.82) is 0 Å². The number of amides is 1. The van der Waals surface area contributed by atoms with Gasteiger partial charge in [0.2, 0.25) is 0 Å². The SMILES string of the molecule is CC(=O)c1cc(C(=O)NC2(CO)CCC(C)CC2)n(C)c1. The summed E-state index contributed by atoms with van der Waals surface area (Å²) in [6, 6.07) is 1.61. The predicted octanol–water partition coefficient (Wildman–Crippen LogP) is 1.90. The normalized spacial score (nSPS) is 25.6. The van der Waals surface area contributed by atoms with Crippen LogP contribution in [0.5, 0.6) is 0 Å². The first-order chi connectivity index (χ1) is 9.87. The van der Waals surface area contributed by atoms with Gasteiger partial charge < -0.3 is 15.0 Å². The van der Waals surface area contributed by atoms with Gasteiger partial charge >= 0.3 is 0 Å². The highest BCUT2D eigenvalue weighted by Gasteiger charge is 2.35. The zero-order valence-corrected chi connectivity index (χ0v) is 13.0. The molecule has 116 valence electrons. The summed E-state index contributed by atoms with van der Waals surface area (Å²) in [5, 5.41) is 12.7. The van der Waals surface area contributed by atoms with Gasteiger partial charge in [-0.3, -0.25) is 9.59 Å². The third kappa shape index (κ3) is 3.35. The van der Waals surface area contributed by atoms with Crippen molar-refractivity contribution in [3.8, 4) is 0 Å². The number of aliphatic hydroxyl groups excluding tert-OH is 1. The summed E-state index contributed by atoms with van der Waals surface area (Å²) in [6.45, 7) is 3.63. The van der Waals surface area contributed by atoms with Gasteiger partial charge in [-0.2, -0.15) is 0 Å². The van der Waals surface area contributed by atoms with Gasteiger partial charge in [0.1, 0.15) is 5.69 Å². The lowest BCUT2D eigenvalue weighted by molar-refractivity contribution is 0.0710. The molecule has 0 unspecified atom stereocenters. The molecule has 0 atom stereocenters. The third-order valence-electron chi connectivity index (χ3n) is 4.56. The summed E-state index contributed by atoms with van der Waals surface area (Å²) in [4.78, 5) is 23.9. The lowest BCUT2D eigenvalue weighted by Gasteiger charge is -2.38. The van der Waals surface area contributed by atoms with Crippen molar-refractivity contribution in [3.05, 3.63) is 23.5 Å². The van der Waals surface area contributed by atoms with Gasteiger partial charge in [0.05, 0.1) is 12.1 Å². The van der Waals surface area contributed by atoms with Crippen LogP contribution in [0.3, 0.4) is 0 Å². The van der Waals surface area contributed by atoms with Gasteiger partial charge in [-0.15, -0.1) is 0 Å². The van der Waals surface area contributed by atoms with Crippen molar-refractivity contribution in [2.75, 3.05) is 6.61 Å². The van der Waals surface area contributed by atoms with Crippen LogP contribution >= 0.6 is 0 Å². The highest BCUT2D eigenvalue weighted by molar-refractivity contribution is 5.99. The molecule has 0 saturated heterocycles. The first-order valence-electron chi connectivity index (χ1n) is 7.47. The standard InChI is InChI=1S/C16H24N2O3/c1-11-4-6-16(10-19,7-5-11)17-15(21)14-8-13(12(2)20)9-18(14)3/h8-9,11,19H,4-7,10H2,1-3H3,(H,17,21). The molecule has 1 aliphatic carbocycles. The van der Waals surface area contributed by atoms with Crippen molar-refractivity contribution in [2.45, 2.75) is 45.1 Å². The molecule has 0 bridgehead atoms. The number of ketones is 1. The number of Topliss-reactive ketones (excluding diaryl/α,β-unsaturated/α-hetero) is 1. The highest BCUT2D eigenvalue weighted by Crippen LogP contribution is 2.31. The van der Waals surface area contributed by atoms with Crippen molar-refractivity contribution in [2.24, 2.45) is 13.0 Å². The number of nitrogens with one attached hydrogen (secondary N) is 1. The summed E-state index contributed by atoms with van der Waals surface area (Å²) >= 11 is 0. The van der Waals surface area contributed by atoms with E-state index in [0.717, 1.165) is 25.7 Å². The van der Waals surface area contributed by atoms with Crippen LogP contribution in [-0.2, 0) is 7.05 Å². The molecule has 1 amide bonds. The Balaban J connectivity index is 2.15. The fraction of sp³-hybridized carbons (Fsp3) is 0.625. The highest BCUT2D eigenvalue weighted by atomic mass is 16.3. The Morgan fingerprint density at radius 2 is 2.05 bits per heavy atom. The van der Waals surface area contributed by atoms with Crippen LogP contribution in [0.4, 0.5) is 0 Å². The van der Waals surface area contributed by atoms with E-state index in [-0.39, 0.29) is 18.3 Å². The molecule has 1 aliphatic rings. The molecule has 21 heavy (non-hydrogen) atoms. The second-order valence-corrected chi connectivity index (χ2v) is 6.36. The molecular formula is C16H24N2O3. The van der Waals surface area contributed by atoms with Crippen LogP contribution in [0.2, 0.25) is 0 Å². The van der Waals surface area contributed by atoms with Crippen LogP contribution in [0, 0.1) is 5.92 Å². The molecule has 5 heteroatoms. The zero-order chi connectivity index (χ0) is 15.6. The van der Waals surface area contributed by atoms with Gasteiger partial charge in [0, 0.05) is 18.8 Å². The van der Waals surface area contributed by atoms with E-state index in [1.807, 2.05) is 0 Å². The predicted molar refractivity (Wildman–Crippen MR) is 80.3 cm³/mol. The zero-order valence-electron chi connectivity index (χ0n) is 13.0. The van der Waals surface area contributed by atoms with E-state index in [1.54, 1.807) is 23.9 Å². The monoisotopic (exact) mass is 292 g/mol. The smallest absolute Gasteiger partial charge is 0.268 e. The molecule has 0 radical (unpaired) electrons. The minimum absolute atomic E-state index is 0.0462. The van der Waals surface area contributed by atoms with E-state index < -0.39 is 5.54 Å². The Bertz CT molecular complexity index is 540. The fourth-order valence-corrected chi connectivity index (χ4v) is 2.93. The van der Waals surface area contributed by atoms with Crippen LogP contribution in [0.25, 0.3) is 0 Å². The van der Waals surface area contributed by atoms with E-state index in [2.05, 4.69) is 12.2 Å². The van der Waals surface area contributed by atoms with Gasteiger partial charge in [-0.1, -0.05) is 6.92 Å². The molecule has 0 aromatic carbocycles. The largest absolute Gasteiger partial charge is 0.394 e. The first-order valence-corrected chi connectivity index (χ1v) is 7.47. The maximum absolute atomic E-state index is 12.5. The summed E-state index contributed by atoms with van der Waals surface area (Å²) in [6.07, 6.45) is 5.26. The molecular weight excluding hydrogens is 268 g/mol. The number of hydrogen-bond acceptors (Lipinski definition) is 3. The summed E-state index contributed by atoms with van der Waals surface area (Å²) < 4.78 is 1.66. The van der Waals surface area contributed by atoms with Gasteiger partial charge in [-0.25, -0.2) is 0 Å². The van der Waals surface area contributed by atoms with Crippen LogP contribution in [0.1, 0.15) is 60.4 Å². The van der Waals surface area contributed by atoms with Gasteiger partial charge in [0.15, 0.2) is 5.78 Å². The number of aliphatic hydroxyl groups is 1. The second kappa shape index (κ2) is 6.02. The number of nitrogens with zero attached hydrogens (tertiary/aromatic N) is 1. The molecule has 0 spiro atoms. The lowest BCUT2D eigenvalue weighted by atomic mass is 9.77. The fourth-order valence-electron chi connectivity index (χ4n) is 2.93. The number of rotatable bonds is 4. The lowest BCUT2D eigenvalue weighted by Crippen LogP contribution is -2.53. The molecule has 2 N–H and O–H groups in total. The Kier molecular flexibility index (Phi) is 4.52. The number of aromatic nitrogens is 1. The summed E-state index contributed by atoms with van der Waals surface area (Å²) in [7, 11) is 1.75. The molecule has 0 aliphatic heterocycles. The third-order valence-corrected chi connectivity index (χ3v) is 4.56. The average molecular weight is 292 g/mol. The number of carbonyl (C=O) groups is 2. The Morgan fingerprint density at radius 3 is 2.52 bits per heavy atom. The minimum Gasteiger partial charge on any atom is -0.394 e. The number of aryl methyl sites for hydroxylation is 1. The minimum atomic E-state index is -0.524. The van der Waals surface area contributed by atoms with Gasteiger partial charge in [-0.05, 0) is 44.6 Å². The quantitative estimate of drug-likeness (QED) is 0.833. The molecule has 1 aromatic rings. The van der Waals surface area contributed by atoms with E-state index >= 15 is 0 Å². The first kappa shape index (κ1) is 15.8. The molecule has 2 rings (SSSR count). The molecule has 1 heterocycles. The van der Waals surface area contributed by atoms with Crippen molar-refractivity contribution in [1.82, 2.24) is 9.88 Å².